The third kappa shape index (κ3) is 7.83. The highest BCUT2D eigenvalue weighted by Gasteiger charge is 2.32. The summed E-state index contributed by atoms with van der Waals surface area (Å²) in [6, 6.07) is 6.59. The molecule has 2 aliphatic rings. The summed E-state index contributed by atoms with van der Waals surface area (Å²) in [4.78, 5) is 11.8. The van der Waals surface area contributed by atoms with Crippen molar-refractivity contribution in [2.24, 2.45) is 5.92 Å². The number of carbonyl (C=O) groups is 1. The summed E-state index contributed by atoms with van der Waals surface area (Å²) in [6.07, 6.45) is 7.23. The molecular formula is C24H36O7S. The lowest BCUT2D eigenvalue weighted by atomic mass is 9.91. The Balaban J connectivity index is 1.70. The smallest absolute Gasteiger partial charge is 0.302 e. The first-order chi connectivity index (χ1) is 15.3. The SMILES string of the molecule is CC(=O)O[C@H]1CCCCC[C@H]1C[C@H](COS(=O)(=O)c1ccc(C)cc1)OC1CCCCO1. The van der Waals surface area contributed by atoms with Crippen LogP contribution in [0.3, 0.4) is 0 Å². The summed E-state index contributed by atoms with van der Waals surface area (Å²) < 4.78 is 48.4. The van der Waals surface area contributed by atoms with Crippen molar-refractivity contribution in [1.29, 1.82) is 0 Å². The molecular weight excluding hydrogens is 432 g/mol. The van der Waals surface area contributed by atoms with Gasteiger partial charge in [-0.15, -0.1) is 0 Å². The Bertz CT molecular complexity index is 815. The lowest BCUT2D eigenvalue weighted by molar-refractivity contribution is -0.198. The second-order valence-electron chi connectivity index (χ2n) is 8.89. The van der Waals surface area contributed by atoms with Crippen LogP contribution in [0.15, 0.2) is 29.2 Å². The molecule has 0 aromatic heterocycles. The second kappa shape index (κ2) is 12.1. The molecule has 0 amide bonds. The number of benzene rings is 1. The van der Waals surface area contributed by atoms with Crippen LogP contribution in [0.1, 0.15) is 70.3 Å². The average Bonchev–Trinajstić information content (AvgIpc) is 2.98. The first-order valence-corrected chi connectivity index (χ1v) is 13.1. The molecule has 1 saturated heterocycles. The van der Waals surface area contributed by atoms with E-state index in [1.54, 1.807) is 24.3 Å². The third-order valence-corrected chi connectivity index (χ3v) is 7.47. The van der Waals surface area contributed by atoms with E-state index in [0.29, 0.717) is 13.0 Å². The molecule has 0 spiro atoms. The molecule has 32 heavy (non-hydrogen) atoms. The Morgan fingerprint density at radius 1 is 1.06 bits per heavy atom. The maximum absolute atomic E-state index is 12.7. The van der Waals surface area contributed by atoms with Gasteiger partial charge in [-0.2, -0.15) is 8.42 Å². The number of hydrogen-bond donors (Lipinski definition) is 0. The fourth-order valence-electron chi connectivity index (χ4n) is 4.46. The molecule has 1 aromatic rings. The van der Waals surface area contributed by atoms with E-state index < -0.39 is 16.2 Å². The van der Waals surface area contributed by atoms with Crippen LogP contribution in [0, 0.1) is 12.8 Å². The fraction of sp³-hybridized carbons (Fsp3) is 0.708. The number of hydrogen-bond acceptors (Lipinski definition) is 7. The normalized spacial score (nSPS) is 25.6. The molecule has 3 rings (SSSR count). The Labute approximate surface area is 191 Å². The number of aryl methyl sites for hydroxylation is 1. The molecule has 8 heteroatoms. The predicted octanol–water partition coefficient (Wildman–Crippen LogP) is 4.51. The van der Waals surface area contributed by atoms with E-state index in [1.165, 1.54) is 6.92 Å². The van der Waals surface area contributed by atoms with Crippen LogP contribution in [0.2, 0.25) is 0 Å². The van der Waals surface area contributed by atoms with Gasteiger partial charge in [0.1, 0.15) is 6.10 Å². The molecule has 1 aliphatic carbocycles. The van der Waals surface area contributed by atoms with Crippen LogP contribution in [0.5, 0.6) is 0 Å². The number of carbonyl (C=O) groups excluding carboxylic acids is 1. The fourth-order valence-corrected chi connectivity index (χ4v) is 5.40. The summed E-state index contributed by atoms with van der Waals surface area (Å²) in [5.41, 5.74) is 0.976. The lowest BCUT2D eigenvalue weighted by Crippen LogP contribution is -2.35. The average molecular weight is 469 g/mol. The van der Waals surface area contributed by atoms with E-state index in [2.05, 4.69) is 0 Å². The van der Waals surface area contributed by atoms with Crippen LogP contribution < -0.4 is 0 Å². The van der Waals surface area contributed by atoms with E-state index in [1.807, 2.05) is 6.92 Å². The predicted molar refractivity (Wildman–Crippen MR) is 120 cm³/mol. The number of ether oxygens (including phenoxy) is 3. The Morgan fingerprint density at radius 2 is 1.78 bits per heavy atom. The van der Waals surface area contributed by atoms with Gasteiger partial charge in [-0.3, -0.25) is 8.98 Å². The standard InChI is InChI=1S/C24H36O7S/c1-18-11-13-22(14-12-18)32(26,27)29-17-21(31-24-10-6-7-15-28-24)16-20-8-4-3-5-9-23(20)30-19(2)25/h11-14,20-21,23-24H,3-10,15-17H2,1-2H3/t20-,21+,23-,24?/m0/s1. The molecule has 180 valence electrons. The van der Waals surface area contributed by atoms with Crippen molar-refractivity contribution in [3.05, 3.63) is 29.8 Å². The molecule has 2 fully saturated rings. The van der Waals surface area contributed by atoms with Crippen molar-refractivity contribution in [2.75, 3.05) is 13.2 Å². The highest BCUT2D eigenvalue weighted by atomic mass is 32.2. The number of rotatable bonds is 9. The first-order valence-electron chi connectivity index (χ1n) is 11.7. The monoisotopic (exact) mass is 468 g/mol. The Morgan fingerprint density at radius 3 is 2.47 bits per heavy atom. The minimum absolute atomic E-state index is 0.0978. The summed E-state index contributed by atoms with van der Waals surface area (Å²) in [5.74, 6) is -0.186. The number of esters is 1. The summed E-state index contributed by atoms with van der Waals surface area (Å²) >= 11 is 0. The van der Waals surface area contributed by atoms with Crippen LogP contribution in [0.25, 0.3) is 0 Å². The van der Waals surface area contributed by atoms with Crippen LogP contribution in [-0.2, 0) is 33.3 Å². The van der Waals surface area contributed by atoms with E-state index in [4.69, 9.17) is 18.4 Å². The van der Waals surface area contributed by atoms with E-state index in [-0.39, 0.29) is 35.8 Å². The zero-order chi connectivity index (χ0) is 23.0. The van der Waals surface area contributed by atoms with Crippen molar-refractivity contribution in [3.8, 4) is 0 Å². The van der Waals surface area contributed by atoms with Crippen molar-refractivity contribution in [2.45, 2.75) is 95.0 Å². The Kier molecular flexibility index (Phi) is 9.52. The van der Waals surface area contributed by atoms with Crippen LogP contribution in [0.4, 0.5) is 0 Å². The molecule has 7 nitrogen and oxygen atoms in total. The highest BCUT2D eigenvalue weighted by Crippen LogP contribution is 2.31. The van der Waals surface area contributed by atoms with E-state index >= 15 is 0 Å². The summed E-state index contributed by atoms with van der Waals surface area (Å²) in [7, 11) is -3.90. The molecule has 1 heterocycles. The molecule has 1 aromatic carbocycles. The summed E-state index contributed by atoms with van der Waals surface area (Å²) in [5, 5.41) is 0. The van der Waals surface area contributed by atoms with Gasteiger partial charge in [-0.05, 0) is 69.9 Å². The second-order valence-corrected chi connectivity index (χ2v) is 10.5. The zero-order valence-corrected chi connectivity index (χ0v) is 20.0. The van der Waals surface area contributed by atoms with Crippen molar-refractivity contribution in [1.82, 2.24) is 0 Å². The molecule has 0 bridgehead atoms. The van der Waals surface area contributed by atoms with Crippen molar-refractivity contribution in [3.63, 3.8) is 0 Å². The van der Waals surface area contributed by atoms with Gasteiger partial charge in [0.2, 0.25) is 0 Å². The molecule has 1 saturated carbocycles. The van der Waals surface area contributed by atoms with Crippen LogP contribution in [-0.4, -0.2) is 46.1 Å². The van der Waals surface area contributed by atoms with Gasteiger partial charge in [0.15, 0.2) is 6.29 Å². The van der Waals surface area contributed by atoms with Crippen molar-refractivity contribution >= 4 is 16.1 Å². The van der Waals surface area contributed by atoms with E-state index in [9.17, 15) is 13.2 Å². The van der Waals surface area contributed by atoms with Crippen molar-refractivity contribution < 1.29 is 31.6 Å². The van der Waals surface area contributed by atoms with Crippen LogP contribution >= 0.6 is 0 Å². The van der Waals surface area contributed by atoms with Gasteiger partial charge in [-0.25, -0.2) is 0 Å². The van der Waals surface area contributed by atoms with Gasteiger partial charge in [0, 0.05) is 13.5 Å². The maximum atomic E-state index is 12.7. The first kappa shape index (κ1) is 25.1. The molecule has 1 unspecified atom stereocenters. The van der Waals surface area contributed by atoms with Gasteiger partial charge in [-0.1, -0.05) is 30.5 Å². The van der Waals surface area contributed by atoms with E-state index in [0.717, 1.165) is 56.9 Å². The summed E-state index contributed by atoms with van der Waals surface area (Å²) in [6.45, 7) is 3.87. The lowest BCUT2D eigenvalue weighted by Gasteiger charge is -2.32. The maximum Gasteiger partial charge on any atom is 0.302 e. The zero-order valence-electron chi connectivity index (χ0n) is 19.2. The molecule has 4 atom stereocenters. The topological polar surface area (TPSA) is 88.1 Å². The van der Waals surface area contributed by atoms with Gasteiger partial charge in [0.05, 0.1) is 17.6 Å². The van der Waals surface area contributed by atoms with Gasteiger partial charge >= 0.3 is 5.97 Å². The third-order valence-electron chi connectivity index (χ3n) is 6.17. The molecule has 0 N–H and O–H groups in total. The molecule has 1 aliphatic heterocycles. The Hall–Kier alpha value is -1.48. The minimum Gasteiger partial charge on any atom is -0.462 e. The minimum atomic E-state index is -3.90. The highest BCUT2D eigenvalue weighted by molar-refractivity contribution is 7.86. The largest absolute Gasteiger partial charge is 0.462 e. The molecule has 0 radical (unpaired) electrons. The van der Waals surface area contributed by atoms with Gasteiger partial charge in [0.25, 0.3) is 10.1 Å². The quantitative estimate of drug-likeness (QED) is 0.299. The van der Waals surface area contributed by atoms with Gasteiger partial charge < -0.3 is 14.2 Å².